The number of hydrogen-bond acceptors (Lipinski definition) is 6. The smallest absolute Gasteiger partial charge is 0.255 e. The Morgan fingerprint density at radius 1 is 1.11 bits per heavy atom. The lowest BCUT2D eigenvalue weighted by molar-refractivity contribution is -0.113. The molecule has 0 radical (unpaired) electrons. The van der Waals surface area contributed by atoms with Crippen LogP contribution >= 0.6 is 0 Å². The fourth-order valence-electron chi connectivity index (χ4n) is 4.21. The Labute approximate surface area is 219 Å². The minimum Gasteiger partial charge on any atom is -0.494 e. The molecule has 0 bridgehead atoms. The van der Waals surface area contributed by atoms with Crippen LogP contribution in [0.5, 0.6) is 5.75 Å². The molecule has 1 unspecified atom stereocenters. The summed E-state index contributed by atoms with van der Waals surface area (Å²) in [6.45, 7) is 7.54. The number of carbonyl (C=O) groups is 3. The number of para-hydroxylation sites is 1. The van der Waals surface area contributed by atoms with Crippen molar-refractivity contribution in [1.82, 2.24) is 10.2 Å². The number of ketones is 2. The number of Topliss-reactive ketones (excluding diaryl/α,β-unsaturated/α-hetero) is 2. The van der Waals surface area contributed by atoms with Crippen molar-refractivity contribution in [3.8, 4) is 5.75 Å². The molecule has 37 heavy (non-hydrogen) atoms. The van der Waals surface area contributed by atoms with Crippen LogP contribution in [-0.2, 0) is 4.79 Å². The maximum atomic E-state index is 12.6. The molecule has 2 aliphatic rings. The van der Waals surface area contributed by atoms with Gasteiger partial charge in [-0.3, -0.25) is 14.4 Å². The third-order valence-electron chi connectivity index (χ3n) is 6.34. The summed E-state index contributed by atoms with van der Waals surface area (Å²) in [6.07, 6.45) is 6.70. The number of benzene rings is 2. The molecule has 2 aromatic rings. The van der Waals surface area contributed by atoms with Crippen LogP contribution in [0.3, 0.4) is 0 Å². The second-order valence-electron chi connectivity index (χ2n) is 9.45. The lowest BCUT2D eigenvalue weighted by atomic mass is 9.92. The van der Waals surface area contributed by atoms with Crippen LogP contribution < -0.4 is 15.0 Å². The minimum absolute atomic E-state index is 0.100. The zero-order valence-electron chi connectivity index (χ0n) is 22.4. The molecular weight excluding hydrogens is 466 g/mol. The lowest BCUT2D eigenvalue weighted by Gasteiger charge is -2.42. The summed E-state index contributed by atoms with van der Waals surface area (Å²) in [5.41, 5.74) is 3.75. The van der Waals surface area contributed by atoms with Gasteiger partial charge in [0.05, 0.1) is 17.9 Å². The number of hydrogen-bond donors (Lipinski definition) is 1. The fraction of sp³-hybridized carbons (Fsp3) is 0.367. The van der Waals surface area contributed by atoms with E-state index in [4.69, 9.17) is 4.74 Å². The summed E-state index contributed by atoms with van der Waals surface area (Å²) < 4.78 is 5.80. The minimum atomic E-state index is -0.281. The molecule has 2 aromatic carbocycles. The molecule has 0 aromatic heterocycles. The average Bonchev–Trinajstić information content (AvgIpc) is 2.89. The van der Waals surface area contributed by atoms with Crippen LogP contribution in [0.25, 0.3) is 0 Å². The van der Waals surface area contributed by atoms with Gasteiger partial charge in [-0.2, -0.15) is 0 Å². The van der Waals surface area contributed by atoms with Crippen molar-refractivity contribution in [3.05, 3.63) is 83.0 Å². The van der Waals surface area contributed by atoms with Crippen molar-refractivity contribution in [2.45, 2.75) is 39.8 Å². The Morgan fingerprint density at radius 3 is 2.46 bits per heavy atom. The van der Waals surface area contributed by atoms with Crippen molar-refractivity contribution < 1.29 is 19.1 Å². The summed E-state index contributed by atoms with van der Waals surface area (Å²) >= 11 is 0. The Morgan fingerprint density at radius 2 is 1.81 bits per heavy atom. The molecule has 0 fully saturated rings. The van der Waals surface area contributed by atoms with Crippen LogP contribution in [-0.4, -0.2) is 56.2 Å². The average molecular weight is 504 g/mol. The van der Waals surface area contributed by atoms with Gasteiger partial charge in [0.25, 0.3) is 5.91 Å². The summed E-state index contributed by atoms with van der Waals surface area (Å²) in [4.78, 5) is 39.7. The number of rotatable bonds is 8. The van der Waals surface area contributed by atoms with Gasteiger partial charge in [-0.25, -0.2) is 0 Å². The fourth-order valence-corrected chi connectivity index (χ4v) is 4.21. The van der Waals surface area contributed by atoms with Gasteiger partial charge in [-0.1, -0.05) is 36.4 Å². The normalized spacial score (nSPS) is 16.8. The molecule has 2 heterocycles. The van der Waals surface area contributed by atoms with Crippen LogP contribution in [0.4, 0.5) is 5.69 Å². The molecule has 7 heteroatoms. The highest BCUT2D eigenvalue weighted by atomic mass is 16.5. The molecule has 4 rings (SSSR count). The van der Waals surface area contributed by atoms with E-state index in [1.54, 1.807) is 19.1 Å². The van der Waals surface area contributed by atoms with Gasteiger partial charge in [-0.05, 0) is 76.7 Å². The maximum absolute atomic E-state index is 12.6. The molecule has 0 saturated heterocycles. The van der Waals surface area contributed by atoms with Gasteiger partial charge in [0.1, 0.15) is 11.9 Å². The van der Waals surface area contributed by atoms with Gasteiger partial charge >= 0.3 is 0 Å². The predicted octanol–water partition coefficient (Wildman–Crippen LogP) is 4.95. The molecule has 1 atom stereocenters. The van der Waals surface area contributed by atoms with Crippen LogP contribution in [0.1, 0.15) is 66.1 Å². The summed E-state index contributed by atoms with van der Waals surface area (Å²) in [5, 5.41) is 3.08. The van der Waals surface area contributed by atoms with Crippen molar-refractivity contribution in [3.63, 3.8) is 0 Å². The number of ether oxygens (including phenoxy) is 1. The Bertz CT molecular complexity index is 1170. The van der Waals surface area contributed by atoms with Crippen LogP contribution in [0.2, 0.25) is 0 Å². The zero-order valence-corrected chi connectivity index (χ0v) is 22.4. The van der Waals surface area contributed by atoms with Crippen LogP contribution in [0.15, 0.2) is 66.3 Å². The van der Waals surface area contributed by atoms with Gasteiger partial charge in [0, 0.05) is 25.1 Å². The highest BCUT2D eigenvalue weighted by Crippen LogP contribution is 2.39. The van der Waals surface area contributed by atoms with E-state index in [0.29, 0.717) is 30.7 Å². The maximum Gasteiger partial charge on any atom is 0.255 e. The van der Waals surface area contributed by atoms with Gasteiger partial charge in [-0.15, -0.1) is 0 Å². The van der Waals surface area contributed by atoms with E-state index in [1.165, 1.54) is 0 Å². The molecule has 0 aliphatic carbocycles. The molecule has 196 valence electrons. The predicted molar refractivity (Wildman–Crippen MR) is 147 cm³/mol. The van der Waals surface area contributed by atoms with E-state index in [-0.39, 0.29) is 23.6 Å². The van der Waals surface area contributed by atoms with E-state index < -0.39 is 0 Å². The number of nitrogens with zero attached hydrogens (tertiary/aromatic N) is 2. The van der Waals surface area contributed by atoms with E-state index in [1.807, 2.05) is 76.5 Å². The highest BCUT2D eigenvalue weighted by Gasteiger charge is 2.37. The number of carbonyl (C=O) groups excluding carboxylic acids is 3. The molecule has 0 spiro atoms. The third-order valence-corrected chi connectivity index (χ3v) is 6.34. The van der Waals surface area contributed by atoms with E-state index in [2.05, 4.69) is 15.1 Å². The molecule has 0 saturated carbocycles. The summed E-state index contributed by atoms with van der Waals surface area (Å²) in [6, 6.07) is 13.2. The van der Waals surface area contributed by atoms with Crippen molar-refractivity contribution in [1.29, 1.82) is 0 Å². The topological polar surface area (TPSA) is 79.0 Å². The Kier molecular flexibility index (Phi) is 9.80. The van der Waals surface area contributed by atoms with Gasteiger partial charge in [0.2, 0.25) is 0 Å². The van der Waals surface area contributed by atoms with Gasteiger partial charge < -0.3 is 19.9 Å². The second-order valence-corrected chi connectivity index (χ2v) is 9.45. The standard InChI is InChI=1S/C22H25N3O3.C8H12O/c1-24(2)12-4-14-28-16-9-7-15(8-10-16)21-23-22(27)18-6-3-5-17-19(26)11-13-25(21)20(17)18;1-4-5-6-7(2)8(3)9/h3,5-10,21H,4,11-14H2,1-2H3,(H,23,27);4-6H,1-3H3/b;5-4-,7-6+. The number of anilines is 1. The quantitative estimate of drug-likeness (QED) is 0.312. The molecule has 2 aliphatic heterocycles. The molecule has 1 N–H and O–H groups in total. The molecular formula is C30H37N3O4. The zero-order chi connectivity index (χ0) is 26.9. The second kappa shape index (κ2) is 13.0. The number of amides is 1. The first-order valence-electron chi connectivity index (χ1n) is 12.6. The van der Waals surface area contributed by atoms with E-state index in [9.17, 15) is 14.4 Å². The molecule has 1 amide bonds. The number of nitrogens with one attached hydrogen (secondary N) is 1. The van der Waals surface area contributed by atoms with Crippen molar-refractivity contribution >= 4 is 23.2 Å². The summed E-state index contributed by atoms with van der Waals surface area (Å²) in [5.74, 6) is 0.910. The van der Waals surface area contributed by atoms with Gasteiger partial charge in [0.15, 0.2) is 11.6 Å². The Balaban J connectivity index is 0.000000364. The monoisotopic (exact) mass is 503 g/mol. The van der Waals surface area contributed by atoms with Crippen molar-refractivity contribution in [2.75, 3.05) is 38.7 Å². The molecule has 7 nitrogen and oxygen atoms in total. The largest absolute Gasteiger partial charge is 0.494 e. The van der Waals surface area contributed by atoms with E-state index >= 15 is 0 Å². The third kappa shape index (κ3) is 7.17. The first-order chi connectivity index (χ1) is 17.7. The highest BCUT2D eigenvalue weighted by molar-refractivity contribution is 6.11. The van der Waals surface area contributed by atoms with Crippen molar-refractivity contribution in [2.24, 2.45) is 0 Å². The first-order valence-corrected chi connectivity index (χ1v) is 12.6. The van der Waals surface area contributed by atoms with E-state index in [0.717, 1.165) is 35.5 Å². The Hall–Kier alpha value is -3.71. The SMILES string of the molecule is C/C=C\C=C(/C)C(C)=O.CN(C)CCCOc1ccc(C2NC(=O)c3cccc4c3N2CCC4=O)cc1. The summed E-state index contributed by atoms with van der Waals surface area (Å²) in [7, 11) is 4.09. The first kappa shape index (κ1) is 27.9. The van der Waals surface area contributed by atoms with Crippen LogP contribution in [0, 0.1) is 0 Å². The number of allylic oxidation sites excluding steroid dienone is 4. The lowest BCUT2D eigenvalue weighted by Crippen LogP contribution is -2.49.